The molecule has 0 radical (unpaired) electrons. The summed E-state index contributed by atoms with van der Waals surface area (Å²) in [6, 6.07) is 15.2. The summed E-state index contributed by atoms with van der Waals surface area (Å²) < 4.78 is 11.0. The lowest BCUT2D eigenvalue weighted by Crippen LogP contribution is -2.12. The van der Waals surface area contributed by atoms with Crippen molar-refractivity contribution in [2.45, 2.75) is 12.8 Å². The molecular weight excluding hydrogens is 402 g/mol. The Morgan fingerprint density at radius 3 is 2.83 bits per heavy atom. The number of nitrogens with zero attached hydrogens (tertiary/aromatic N) is 4. The first-order chi connectivity index (χ1) is 14.7. The molecule has 5 aromatic rings. The molecule has 0 bridgehead atoms. The number of hydrogen-bond donors (Lipinski definition) is 1. The number of hydrogen-bond acceptors (Lipinski definition) is 8. The van der Waals surface area contributed by atoms with Gasteiger partial charge >= 0.3 is 0 Å². The molecule has 5 rings (SSSR count). The van der Waals surface area contributed by atoms with E-state index in [0.29, 0.717) is 40.4 Å². The van der Waals surface area contributed by atoms with Crippen LogP contribution in [0.2, 0.25) is 0 Å². The summed E-state index contributed by atoms with van der Waals surface area (Å²) in [5.74, 6) is 1.27. The van der Waals surface area contributed by atoms with Crippen LogP contribution in [0.4, 0.5) is 5.13 Å². The van der Waals surface area contributed by atoms with E-state index in [1.54, 1.807) is 12.3 Å². The molecule has 0 aliphatic carbocycles. The number of nitrogens with one attached hydrogen (secondary N) is 1. The number of thiazole rings is 1. The predicted molar refractivity (Wildman–Crippen MR) is 112 cm³/mol. The van der Waals surface area contributed by atoms with Gasteiger partial charge in [0, 0.05) is 29.8 Å². The first kappa shape index (κ1) is 18.2. The summed E-state index contributed by atoms with van der Waals surface area (Å²) in [5, 5.41) is 10.1. The predicted octanol–water partition coefficient (Wildman–Crippen LogP) is 4.57. The van der Waals surface area contributed by atoms with E-state index in [1.165, 1.54) is 11.3 Å². The number of pyridine rings is 1. The van der Waals surface area contributed by atoms with Crippen LogP contribution in [-0.2, 0) is 11.2 Å². The summed E-state index contributed by atoms with van der Waals surface area (Å²) in [6.07, 6.45) is 2.18. The lowest BCUT2D eigenvalue weighted by atomic mass is 10.2. The van der Waals surface area contributed by atoms with E-state index in [0.717, 1.165) is 11.0 Å². The number of aromatic nitrogens is 4. The molecular formula is C21H15N5O3S. The average molecular weight is 417 g/mol. The maximum Gasteiger partial charge on any atom is 0.227 e. The average Bonchev–Trinajstić information content (AvgIpc) is 3.52. The number of carbonyl (C=O) groups excluding carboxylic acids is 1. The Labute approximate surface area is 174 Å². The lowest BCUT2D eigenvalue weighted by Gasteiger charge is -1.99. The van der Waals surface area contributed by atoms with E-state index < -0.39 is 0 Å². The smallest absolute Gasteiger partial charge is 0.227 e. The van der Waals surface area contributed by atoms with E-state index in [4.69, 9.17) is 8.94 Å². The van der Waals surface area contributed by atoms with E-state index >= 15 is 0 Å². The molecule has 1 amide bonds. The molecule has 0 atom stereocenters. The highest BCUT2D eigenvalue weighted by Gasteiger charge is 2.14. The van der Waals surface area contributed by atoms with E-state index in [-0.39, 0.29) is 12.3 Å². The van der Waals surface area contributed by atoms with Crippen LogP contribution < -0.4 is 5.32 Å². The lowest BCUT2D eigenvalue weighted by molar-refractivity contribution is -0.116. The van der Waals surface area contributed by atoms with Crippen LogP contribution >= 0.6 is 11.3 Å². The zero-order chi connectivity index (χ0) is 20.3. The van der Waals surface area contributed by atoms with Gasteiger partial charge in [-0.05, 0) is 24.3 Å². The summed E-state index contributed by atoms with van der Waals surface area (Å²) in [4.78, 5) is 25.2. The molecule has 4 heterocycles. The van der Waals surface area contributed by atoms with Gasteiger partial charge in [-0.25, -0.2) is 4.98 Å². The summed E-state index contributed by atoms with van der Waals surface area (Å²) in [6.45, 7) is 0. The van der Waals surface area contributed by atoms with Gasteiger partial charge in [-0.15, -0.1) is 11.3 Å². The number of benzene rings is 1. The molecule has 9 heteroatoms. The van der Waals surface area contributed by atoms with Gasteiger partial charge in [-0.3, -0.25) is 9.78 Å². The molecule has 0 saturated heterocycles. The van der Waals surface area contributed by atoms with Crippen molar-refractivity contribution in [3.8, 4) is 23.0 Å². The zero-order valence-corrected chi connectivity index (χ0v) is 16.4. The second kappa shape index (κ2) is 7.88. The maximum absolute atomic E-state index is 12.3. The minimum absolute atomic E-state index is 0.182. The van der Waals surface area contributed by atoms with Gasteiger partial charge < -0.3 is 14.3 Å². The molecule has 0 aliphatic rings. The van der Waals surface area contributed by atoms with Crippen LogP contribution in [-0.4, -0.2) is 26.0 Å². The topological polar surface area (TPSA) is 107 Å². The minimum Gasteiger partial charge on any atom is -0.454 e. The van der Waals surface area contributed by atoms with Crippen LogP contribution in [0.15, 0.2) is 69.0 Å². The SMILES string of the molecule is O=C(CCc1nc(-c2ccccn2)no1)Nc1nc(-c2cc3ccccc3o2)cs1. The van der Waals surface area contributed by atoms with Crippen molar-refractivity contribution in [3.05, 3.63) is 66.0 Å². The Bertz CT molecular complexity index is 1280. The molecule has 1 N–H and O–H groups in total. The van der Waals surface area contributed by atoms with Gasteiger partial charge in [0.1, 0.15) is 17.0 Å². The molecule has 0 aliphatic heterocycles. The Morgan fingerprint density at radius 1 is 1.07 bits per heavy atom. The van der Waals surface area contributed by atoms with E-state index in [2.05, 4.69) is 25.4 Å². The van der Waals surface area contributed by atoms with Crippen molar-refractivity contribution in [2.24, 2.45) is 0 Å². The third kappa shape index (κ3) is 3.83. The minimum atomic E-state index is -0.182. The van der Waals surface area contributed by atoms with Gasteiger partial charge in [0.15, 0.2) is 10.9 Å². The Morgan fingerprint density at radius 2 is 1.97 bits per heavy atom. The summed E-state index contributed by atoms with van der Waals surface area (Å²) in [7, 11) is 0. The monoisotopic (exact) mass is 417 g/mol. The van der Waals surface area contributed by atoms with Gasteiger partial charge in [-0.2, -0.15) is 4.98 Å². The standard InChI is InChI=1S/C21H15N5O3S/c27-18(8-9-19-25-20(26-29-19)14-6-3-4-10-22-14)24-21-23-15(12-30-21)17-11-13-5-1-2-7-16(13)28-17/h1-7,10-12H,8-9H2,(H,23,24,27). The van der Waals surface area contributed by atoms with E-state index in [1.807, 2.05) is 47.8 Å². The third-order valence-corrected chi connectivity index (χ3v) is 5.11. The fourth-order valence-electron chi connectivity index (χ4n) is 2.91. The van der Waals surface area contributed by atoms with Gasteiger partial charge in [0.05, 0.1) is 0 Å². The van der Waals surface area contributed by atoms with Crippen molar-refractivity contribution < 1.29 is 13.7 Å². The number of para-hydroxylation sites is 1. The molecule has 4 aromatic heterocycles. The molecule has 30 heavy (non-hydrogen) atoms. The van der Waals surface area contributed by atoms with Crippen molar-refractivity contribution in [1.82, 2.24) is 20.1 Å². The highest BCUT2D eigenvalue weighted by atomic mass is 32.1. The Hall–Kier alpha value is -3.85. The fourth-order valence-corrected chi connectivity index (χ4v) is 3.63. The first-order valence-corrected chi connectivity index (χ1v) is 10.1. The Kier molecular flexibility index (Phi) is 4.78. The third-order valence-electron chi connectivity index (χ3n) is 4.36. The number of anilines is 1. The molecule has 0 saturated carbocycles. The molecule has 0 spiro atoms. The van der Waals surface area contributed by atoms with E-state index in [9.17, 15) is 4.79 Å². The van der Waals surface area contributed by atoms with Crippen molar-refractivity contribution >= 4 is 33.3 Å². The molecule has 0 fully saturated rings. The molecule has 148 valence electrons. The highest BCUT2D eigenvalue weighted by Crippen LogP contribution is 2.30. The van der Waals surface area contributed by atoms with Crippen LogP contribution in [0.5, 0.6) is 0 Å². The first-order valence-electron chi connectivity index (χ1n) is 9.23. The highest BCUT2D eigenvalue weighted by molar-refractivity contribution is 7.14. The number of aryl methyl sites for hydroxylation is 1. The molecule has 0 unspecified atom stereocenters. The Balaban J connectivity index is 1.20. The number of furan rings is 1. The quantitative estimate of drug-likeness (QED) is 0.431. The van der Waals surface area contributed by atoms with Crippen molar-refractivity contribution in [2.75, 3.05) is 5.32 Å². The number of carbonyl (C=O) groups is 1. The van der Waals surface area contributed by atoms with Crippen molar-refractivity contribution in [1.29, 1.82) is 0 Å². The van der Waals surface area contributed by atoms with Gasteiger partial charge in [-0.1, -0.05) is 29.4 Å². The van der Waals surface area contributed by atoms with Gasteiger partial charge in [0.2, 0.25) is 17.6 Å². The summed E-state index contributed by atoms with van der Waals surface area (Å²) in [5.41, 5.74) is 2.11. The normalized spacial score (nSPS) is 11.1. The van der Waals surface area contributed by atoms with Crippen LogP contribution in [0, 0.1) is 0 Å². The largest absolute Gasteiger partial charge is 0.454 e. The number of rotatable bonds is 6. The van der Waals surface area contributed by atoms with Crippen molar-refractivity contribution in [3.63, 3.8) is 0 Å². The second-order valence-corrected chi connectivity index (χ2v) is 7.32. The molecule has 8 nitrogen and oxygen atoms in total. The van der Waals surface area contributed by atoms with Crippen LogP contribution in [0.1, 0.15) is 12.3 Å². The maximum atomic E-state index is 12.3. The zero-order valence-electron chi connectivity index (χ0n) is 15.6. The summed E-state index contributed by atoms with van der Waals surface area (Å²) >= 11 is 1.34. The second-order valence-electron chi connectivity index (χ2n) is 6.46. The van der Waals surface area contributed by atoms with Gasteiger partial charge in [0.25, 0.3) is 0 Å². The van der Waals surface area contributed by atoms with Crippen LogP contribution in [0.25, 0.3) is 33.9 Å². The molecule has 1 aromatic carbocycles. The van der Waals surface area contributed by atoms with Crippen LogP contribution in [0.3, 0.4) is 0 Å². The number of amides is 1. The number of fused-ring (bicyclic) bond motifs is 1. The fraction of sp³-hybridized carbons (Fsp3) is 0.0952.